The molecule has 0 aliphatic carbocycles. The van der Waals surface area contributed by atoms with Gasteiger partial charge in [-0.25, -0.2) is 0 Å². The van der Waals surface area contributed by atoms with Crippen LogP contribution < -0.4 is 5.32 Å². The van der Waals surface area contributed by atoms with Crippen LogP contribution >= 0.6 is 0 Å². The van der Waals surface area contributed by atoms with Crippen molar-refractivity contribution in [2.75, 3.05) is 0 Å². The van der Waals surface area contributed by atoms with Crippen molar-refractivity contribution in [3.8, 4) is 0 Å². The highest BCUT2D eigenvalue weighted by atomic mass is 16.1. The summed E-state index contributed by atoms with van der Waals surface area (Å²) in [5.74, 6) is 0.0323. The van der Waals surface area contributed by atoms with Gasteiger partial charge >= 0.3 is 0 Å². The third-order valence-electron chi connectivity index (χ3n) is 6.88. The van der Waals surface area contributed by atoms with Gasteiger partial charge in [-0.3, -0.25) is 10.1 Å². The van der Waals surface area contributed by atoms with Crippen molar-refractivity contribution < 1.29 is 4.79 Å². The fraction of sp³-hybridized carbons (Fsp3) is 0.0833. The summed E-state index contributed by atoms with van der Waals surface area (Å²) in [5.41, 5.74) is 4.61. The van der Waals surface area contributed by atoms with E-state index in [1.54, 1.807) is 6.08 Å². The van der Waals surface area contributed by atoms with E-state index in [0.717, 1.165) is 27.8 Å². The lowest BCUT2D eigenvalue weighted by Gasteiger charge is -2.39. The van der Waals surface area contributed by atoms with Crippen LogP contribution in [0.4, 0.5) is 0 Å². The molecular formula is C36H31NO. The summed E-state index contributed by atoms with van der Waals surface area (Å²) in [6.07, 6.45) is 4.17. The molecule has 38 heavy (non-hydrogen) atoms. The average Bonchev–Trinajstić information content (AvgIpc) is 3.00. The Kier molecular flexibility index (Phi) is 8.03. The van der Waals surface area contributed by atoms with Gasteiger partial charge in [-0.05, 0) is 40.3 Å². The van der Waals surface area contributed by atoms with Crippen molar-refractivity contribution in [2.24, 2.45) is 0 Å². The summed E-state index contributed by atoms with van der Waals surface area (Å²) in [5, 5.41) is 3.90. The van der Waals surface area contributed by atoms with Crippen molar-refractivity contribution in [3.05, 3.63) is 186 Å². The van der Waals surface area contributed by atoms with E-state index in [0.29, 0.717) is 6.42 Å². The first-order valence-corrected chi connectivity index (χ1v) is 13.0. The Bertz CT molecular complexity index is 1350. The molecule has 0 saturated carbocycles. The van der Waals surface area contributed by atoms with Gasteiger partial charge < -0.3 is 0 Å². The van der Waals surface area contributed by atoms with Crippen LogP contribution in [0.15, 0.2) is 158 Å². The molecule has 1 unspecified atom stereocenters. The van der Waals surface area contributed by atoms with Gasteiger partial charge in [-0.1, -0.05) is 158 Å². The lowest BCUT2D eigenvalue weighted by Crippen LogP contribution is -2.53. The molecule has 0 bridgehead atoms. The van der Waals surface area contributed by atoms with E-state index in [-0.39, 0.29) is 5.78 Å². The Morgan fingerprint density at radius 3 is 1.42 bits per heavy atom. The van der Waals surface area contributed by atoms with Crippen LogP contribution in [0.3, 0.4) is 0 Å². The van der Waals surface area contributed by atoms with E-state index in [2.05, 4.69) is 90.2 Å². The lowest BCUT2D eigenvalue weighted by molar-refractivity contribution is -0.116. The zero-order valence-electron chi connectivity index (χ0n) is 21.3. The monoisotopic (exact) mass is 493 g/mol. The van der Waals surface area contributed by atoms with Gasteiger partial charge in [0.05, 0.1) is 11.6 Å². The van der Waals surface area contributed by atoms with Crippen molar-refractivity contribution in [2.45, 2.75) is 18.0 Å². The predicted octanol–water partition coefficient (Wildman–Crippen LogP) is 7.46. The van der Waals surface area contributed by atoms with Crippen LogP contribution in [0.2, 0.25) is 0 Å². The molecule has 0 aromatic heterocycles. The second-order valence-corrected chi connectivity index (χ2v) is 9.38. The molecular weight excluding hydrogens is 462 g/mol. The van der Waals surface area contributed by atoms with Crippen molar-refractivity contribution in [3.63, 3.8) is 0 Å². The maximum Gasteiger partial charge on any atom is 0.172 e. The molecule has 0 aliphatic rings. The molecule has 0 heterocycles. The Hall–Kier alpha value is -4.53. The molecule has 0 amide bonds. The second kappa shape index (κ2) is 12.1. The zero-order valence-corrected chi connectivity index (χ0v) is 21.3. The van der Waals surface area contributed by atoms with Crippen LogP contribution in [0, 0.1) is 0 Å². The van der Waals surface area contributed by atoms with Gasteiger partial charge in [-0.15, -0.1) is 0 Å². The third-order valence-corrected chi connectivity index (χ3v) is 6.88. The Morgan fingerprint density at radius 1 is 0.579 bits per heavy atom. The zero-order chi connectivity index (χ0) is 26.0. The number of hydrogen-bond donors (Lipinski definition) is 1. The highest BCUT2D eigenvalue weighted by Crippen LogP contribution is 2.37. The van der Waals surface area contributed by atoms with Crippen molar-refractivity contribution >= 4 is 11.9 Å². The molecule has 1 atom stereocenters. The molecule has 2 nitrogen and oxygen atoms in total. The maximum absolute atomic E-state index is 13.9. The Labute approximate surface area is 225 Å². The van der Waals surface area contributed by atoms with Gasteiger partial charge in [0.15, 0.2) is 5.78 Å². The second-order valence-electron chi connectivity index (χ2n) is 9.38. The van der Waals surface area contributed by atoms with Gasteiger partial charge in [0.1, 0.15) is 0 Å². The minimum atomic E-state index is -0.737. The van der Waals surface area contributed by atoms with Crippen molar-refractivity contribution in [1.29, 1.82) is 0 Å². The van der Waals surface area contributed by atoms with Crippen LogP contribution in [0.1, 0.15) is 27.8 Å². The SMILES string of the molecule is O=C(C=Cc1ccccc1)C(Cc1ccccc1)NC(c1ccccc1)(c1ccccc1)c1ccccc1. The molecule has 0 radical (unpaired) electrons. The van der Waals surface area contributed by atoms with Crippen LogP contribution in [-0.4, -0.2) is 11.8 Å². The van der Waals surface area contributed by atoms with E-state index in [1.807, 2.05) is 72.8 Å². The number of carbonyl (C=O) groups is 1. The number of benzene rings is 5. The van der Waals surface area contributed by atoms with Crippen LogP contribution in [-0.2, 0) is 16.8 Å². The molecule has 0 saturated heterocycles. The Morgan fingerprint density at radius 2 is 0.974 bits per heavy atom. The van der Waals surface area contributed by atoms with E-state index < -0.39 is 11.6 Å². The van der Waals surface area contributed by atoms with E-state index in [1.165, 1.54) is 0 Å². The van der Waals surface area contributed by atoms with Crippen molar-refractivity contribution in [1.82, 2.24) is 5.32 Å². The number of hydrogen-bond acceptors (Lipinski definition) is 2. The number of carbonyl (C=O) groups excluding carboxylic acids is 1. The number of nitrogens with one attached hydrogen (secondary N) is 1. The van der Waals surface area contributed by atoms with Crippen LogP contribution in [0.5, 0.6) is 0 Å². The maximum atomic E-state index is 13.9. The summed E-state index contributed by atoms with van der Waals surface area (Å²) in [6.45, 7) is 0. The minimum Gasteiger partial charge on any atom is -0.293 e. The minimum absolute atomic E-state index is 0.0323. The van der Waals surface area contributed by atoms with E-state index >= 15 is 0 Å². The lowest BCUT2D eigenvalue weighted by atomic mass is 9.76. The summed E-state index contributed by atoms with van der Waals surface area (Å²) in [6, 6.07) is 50.9. The first-order valence-electron chi connectivity index (χ1n) is 13.0. The van der Waals surface area contributed by atoms with E-state index in [9.17, 15) is 4.79 Å². The fourth-order valence-electron chi connectivity index (χ4n) is 5.01. The molecule has 0 spiro atoms. The first kappa shape index (κ1) is 25.1. The number of ketones is 1. The summed E-state index contributed by atoms with van der Waals surface area (Å²) in [7, 11) is 0. The topological polar surface area (TPSA) is 29.1 Å². The van der Waals surface area contributed by atoms with Gasteiger partial charge in [0.2, 0.25) is 0 Å². The molecule has 0 fully saturated rings. The van der Waals surface area contributed by atoms with E-state index in [4.69, 9.17) is 0 Å². The first-order chi connectivity index (χ1) is 18.8. The molecule has 5 aromatic carbocycles. The molecule has 0 aliphatic heterocycles. The highest BCUT2D eigenvalue weighted by Gasteiger charge is 2.39. The van der Waals surface area contributed by atoms with Crippen LogP contribution in [0.25, 0.3) is 6.08 Å². The summed E-state index contributed by atoms with van der Waals surface area (Å²) >= 11 is 0. The largest absolute Gasteiger partial charge is 0.293 e. The smallest absolute Gasteiger partial charge is 0.172 e. The molecule has 186 valence electrons. The normalized spacial score (nSPS) is 12.3. The fourth-order valence-corrected chi connectivity index (χ4v) is 5.01. The standard InChI is InChI=1S/C36H31NO/c38-35(27-26-29-16-6-1-7-17-29)34(28-30-18-8-2-9-19-30)37-36(31-20-10-3-11-21-31,32-22-12-4-13-23-32)33-24-14-5-15-25-33/h1-27,34,37H,28H2. The average molecular weight is 494 g/mol. The highest BCUT2D eigenvalue weighted by molar-refractivity contribution is 5.98. The summed E-state index contributed by atoms with van der Waals surface area (Å²) < 4.78 is 0. The Balaban J connectivity index is 1.64. The predicted molar refractivity (Wildman–Crippen MR) is 157 cm³/mol. The summed E-state index contributed by atoms with van der Waals surface area (Å²) in [4.78, 5) is 13.9. The molecule has 1 N–H and O–H groups in total. The van der Waals surface area contributed by atoms with Gasteiger partial charge in [-0.2, -0.15) is 0 Å². The third kappa shape index (κ3) is 5.72. The quantitative estimate of drug-likeness (QED) is 0.162. The van der Waals surface area contributed by atoms with Gasteiger partial charge in [0, 0.05) is 0 Å². The van der Waals surface area contributed by atoms with Gasteiger partial charge in [0.25, 0.3) is 0 Å². The number of rotatable bonds is 10. The molecule has 2 heteroatoms. The molecule has 5 aromatic rings. The molecule has 5 rings (SSSR count).